The number of guanidine groups is 1. The fourth-order valence-electron chi connectivity index (χ4n) is 2.74. The Balaban J connectivity index is 0.00000400. The van der Waals surface area contributed by atoms with E-state index in [9.17, 15) is 5.11 Å². The molecular formula is C16H34IN3O. The van der Waals surface area contributed by atoms with Gasteiger partial charge in [0, 0.05) is 25.1 Å². The molecule has 1 aliphatic rings. The number of halogens is 1. The van der Waals surface area contributed by atoms with Crippen molar-refractivity contribution in [1.82, 2.24) is 10.6 Å². The molecule has 0 amide bonds. The van der Waals surface area contributed by atoms with Gasteiger partial charge in [0.15, 0.2) is 5.96 Å². The summed E-state index contributed by atoms with van der Waals surface area (Å²) in [6, 6.07) is 0. The van der Waals surface area contributed by atoms with Crippen LogP contribution >= 0.6 is 24.0 Å². The number of rotatable bonds is 7. The van der Waals surface area contributed by atoms with Gasteiger partial charge in [-0.1, -0.05) is 33.6 Å². The van der Waals surface area contributed by atoms with Gasteiger partial charge < -0.3 is 15.7 Å². The second-order valence-electron chi connectivity index (χ2n) is 6.93. The van der Waals surface area contributed by atoms with Gasteiger partial charge in [-0.2, -0.15) is 0 Å². The molecule has 1 fully saturated rings. The Labute approximate surface area is 147 Å². The van der Waals surface area contributed by atoms with Crippen molar-refractivity contribution in [1.29, 1.82) is 0 Å². The average molecular weight is 411 g/mol. The first-order valence-electron chi connectivity index (χ1n) is 8.10. The van der Waals surface area contributed by atoms with E-state index >= 15 is 0 Å². The smallest absolute Gasteiger partial charge is 0.191 e. The van der Waals surface area contributed by atoms with Crippen molar-refractivity contribution in [3.05, 3.63) is 0 Å². The number of aliphatic hydroxyl groups is 1. The molecule has 126 valence electrons. The molecule has 3 N–H and O–H groups in total. The minimum absolute atomic E-state index is 0. The third-order valence-corrected chi connectivity index (χ3v) is 4.48. The van der Waals surface area contributed by atoms with Crippen LogP contribution in [0.5, 0.6) is 0 Å². The van der Waals surface area contributed by atoms with Gasteiger partial charge in [0.1, 0.15) is 0 Å². The number of nitrogens with one attached hydrogen (secondary N) is 2. The van der Waals surface area contributed by atoms with Gasteiger partial charge in [-0.15, -0.1) is 24.0 Å². The first-order valence-corrected chi connectivity index (χ1v) is 8.10. The lowest BCUT2D eigenvalue weighted by Crippen LogP contribution is -2.43. The van der Waals surface area contributed by atoms with E-state index in [4.69, 9.17) is 0 Å². The second kappa shape index (κ2) is 9.87. The van der Waals surface area contributed by atoms with E-state index in [1.54, 1.807) is 0 Å². The van der Waals surface area contributed by atoms with Crippen molar-refractivity contribution in [3.63, 3.8) is 0 Å². The molecule has 1 rings (SSSR count). The molecule has 0 aromatic rings. The number of aliphatic hydroxyl groups excluding tert-OH is 1. The predicted molar refractivity (Wildman–Crippen MR) is 101 cm³/mol. The van der Waals surface area contributed by atoms with E-state index in [-0.39, 0.29) is 36.0 Å². The van der Waals surface area contributed by atoms with E-state index < -0.39 is 0 Å². The second-order valence-corrected chi connectivity index (χ2v) is 6.93. The van der Waals surface area contributed by atoms with Crippen LogP contribution in [0.1, 0.15) is 59.8 Å². The summed E-state index contributed by atoms with van der Waals surface area (Å²) in [5.74, 6) is 0.883. The van der Waals surface area contributed by atoms with Gasteiger partial charge in [-0.05, 0) is 31.6 Å². The summed E-state index contributed by atoms with van der Waals surface area (Å²) in [7, 11) is 0. The van der Waals surface area contributed by atoms with Gasteiger partial charge >= 0.3 is 0 Å². The van der Waals surface area contributed by atoms with Crippen molar-refractivity contribution in [2.45, 2.75) is 59.8 Å². The maximum absolute atomic E-state index is 9.31. The minimum Gasteiger partial charge on any atom is -0.396 e. The van der Waals surface area contributed by atoms with Crippen molar-refractivity contribution < 1.29 is 5.11 Å². The van der Waals surface area contributed by atoms with Crippen LogP contribution in [0.2, 0.25) is 0 Å². The Morgan fingerprint density at radius 3 is 2.29 bits per heavy atom. The van der Waals surface area contributed by atoms with E-state index in [0.717, 1.165) is 19.0 Å². The Hall–Kier alpha value is -0.0400. The van der Waals surface area contributed by atoms with E-state index in [0.29, 0.717) is 12.0 Å². The molecule has 0 aliphatic heterocycles. The molecule has 1 saturated carbocycles. The van der Waals surface area contributed by atoms with E-state index in [2.05, 4.69) is 29.5 Å². The molecule has 0 aromatic carbocycles. The zero-order valence-electron chi connectivity index (χ0n) is 14.2. The molecule has 0 aromatic heterocycles. The van der Waals surface area contributed by atoms with Crippen molar-refractivity contribution in [3.8, 4) is 0 Å². The predicted octanol–water partition coefficient (Wildman–Crippen LogP) is 3.15. The third kappa shape index (κ3) is 7.17. The summed E-state index contributed by atoms with van der Waals surface area (Å²) in [5, 5.41) is 16.1. The maximum Gasteiger partial charge on any atom is 0.191 e. The van der Waals surface area contributed by atoms with Crippen LogP contribution < -0.4 is 10.6 Å². The van der Waals surface area contributed by atoms with Gasteiger partial charge in [-0.25, -0.2) is 0 Å². The largest absolute Gasteiger partial charge is 0.396 e. The van der Waals surface area contributed by atoms with E-state index in [1.165, 1.54) is 32.1 Å². The molecule has 0 radical (unpaired) electrons. The zero-order chi connectivity index (χ0) is 15.1. The summed E-state index contributed by atoms with van der Waals surface area (Å²) in [4.78, 5) is 4.62. The van der Waals surface area contributed by atoms with Gasteiger partial charge in [-0.3, -0.25) is 4.99 Å². The summed E-state index contributed by atoms with van der Waals surface area (Å²) < 4.78 is 0. The average Bonchev–Trinajstić information content (AvgIpc) is 2.91. The standard InChI is InChI=1S/C16H33N3O.HI/c1-5-16(9-7-8-10-16)12-19-14(17-6-2)18-11-15(3,4)13-20;/h20H,5-13H2,1-4H3,(H2,17,18,19);1H. The van der Waals surface area contributed by atoms with Crippen LogP contribution in [0.25, 0.3) is 0 Å². The maximum atomic E-state index is 9.31. The lowest BCUT2D eigenvalue weighted by Gasteiger charge is -2.29. The first-order chi connectivity index (χ1) is 9.47. The third-order valence-electron chi connectivity index (χ3n) is 4.48. The highest BCUT2D eigenvalue weighted by molar-refractivity contribution is 14.0. The Morgan fingerprint density at radius 2 is 1.81 bits per heavy atom. The van der Waals surface area contributed by atoms with Crippen molar-refractivity contribution in [2.24, 2.45) is 15.8 Å². The van der Waals surface area contributed by atoms with Crippen LogP contribution in [-0.4, -0.2) is 37.3 Å². The molecule has 5 heteroatoms. The Morgan fingerprint density at radius 1 is 1.19 bits per heavy atom. The summed E-state index contributed by atoms with van der Waals surface area (Å²) in [6.45, 7) is 11.1. The SMILES string of the molecule is CCNC(=NCC(C)(C)CO)NCC1(CC)CCCC1.I. The summed E-state index contributed by atoms with van der Waals surface area (Å²) in [6.07, 6.45) is 6.62. The zero-order valence-corrected chi connectivity index (χ0v) is 16.5. The van der Waals surface area contributed by atoms with Crippen molar-refractivity contribution in [2.75, 3.05) is 26.2 Å². The fraction of sp³-hybridized carbons (Fsp3) is 0.938. The molecule has 0 atom stereocenters. The quantitative estimate of drug-likeness (QED) is 0.343. The Bertz CT molecular complexity index is 313. The first kappa shape index (κ1) is 21.0. The molecule has 0 bridgehead atoms. The highest BCUT2D eigenvalue weighted by atomic mass is 127. The van der Waals surface area contributed by atoms with Crippen LogP contribution in [0, 0.1) is 10.8 Å². The summed E-state index contributed by atoms with van der Waals surface area (Å²) >= 11 is 0. The number of hydrogen-bond acceptors (Lipinski definition) is 2. The highest BCUT2D eigenvalue weighted by Gasteiger charge is 2.31. The monoisotopic (exact) mass is 411 g/mol. The molecular weight excluding hydrogens is 377 g/mol. The van der Waals surface area contributed by atoms with Crippen LogP contribution in [0.3, 0.4) is 0 Å². The molecule has 4 nitrogen and oxygen atoms in total. The molecule has 21 heavy (non-hydrogen) atoms. The minimum atomic E-state index is -0.155. The molecule has 0 saturated heterocycles. The lowest BCUT2D eigenvalue weighted by atomic mass is 9.83. The van der Waals surface area contributed by atoms with Gasteiger partial charge in [0.05, 0.1) is 6.54 Å². The number of nitrogens with zero attached hydrogens (tertiary/aromatic N) is 1. The highest BCUT2D eigenvalue weighted by Crippen LogP contribution is 2.40. The lowest BCUT2D eigenvalue weighted by molar-refractivity contribution is 0.167. The van der Waals surface area contributed by atoms with E-state index in [1.807, 2.05) is 13.8 Å². The molecule has 0 unspecified atom stereocenters. The number of aliphatic imine (C=N–C) groups is 1. The van der Waals surface area contributed by atoms with Crippen molar-refractivity contribution >= 4 is 29.9 Å². The molecule has 1 aliphatic carbocycles. The molecule has 0 heterocycles. The summed E-state index contributed by atoms with van der Waals surface area (Å²) in [5.41, 5.74) is 0.306. The Kier molecular flexibility index (Phi) is 9.85. The van der Waals surface area contributed by atoms with Crippen LogP contribution in [0.4, 0.5) is 0 Å². The van der Waals surface area contributed by atoms with Gasteiger partial charge in [0.2, 0.25) is 0 Å². The fourth-order valence-corrected chi connectivity index (χ4v) is 2.74. The van der Waals surface area contributed by atoms with Crippen LogP contribution in [0.15, 0.2) is 4.99 Å². The molecule has 0 spiro atoms. The topological polar surface area (TPSA) is 56.7 Å². The van der Waals surface area contributed by atoms with Crippen LogP contribution in [-0.2, 0) is 0 Å². The normalized spacial score (nSPS) is 18.2. The van der Waals surface area contributed by atoms with Gasteiger partial charge in [0.25, 0.3) is 0 Å². The number of hydrogen-bond donors (Lipinski definition) is 3.